The second-order valence-electron chi connectivity index (χ2n) is 4.85. The van der Waals surface area contributed by atoms with Crippen LogP contribution in [0.25, 0.3) is 0 Å². The van der Waals surface area contributed by atoms with Crippen LogP contribution in [0.2, 0.25) is 0 Å². The first kappa shape index (κ1) is 15.7. The number of rotatable bonds is 6. The lowest BCUT2D eigenvalue weighted by Gasteiger charge is -2.32. The van der Waals surface area contributed by atoms with Crippen molar-refractivity contribution in [1.29, 1.82) is 0 Å². The van der Waals surface area contributed by atoms with Gasteiger partial charge < -0.3 is 14.6 Å². The van der Waals surface area contributed by atoms with E-state index in [4.69, 9.17) is 9.84 Å². The molecule has 7 heteroatoms. The molecule has 0 radical (unpaired) electrons. The molecule has 1 heterocycles. The molecular weight excluding hydrogens is 284 g/mol. The van der Waals surface area contributed by atoms with E-state index in [0.29, 0.717) is 26.2 Å². The summed E-state index contributed by atoms with van der Waals surface area (Å²) in [6, 6.07) is 6.44. The fourth-order valence-corrected chi connectivity index (χ4v) is 2.28. The normalized spacial score (nSPS) is 19.7. The van der Waals surface area contributed by atoms with Gasteiger partial charge in [0, 0.05) is 19.6 Å². The fraction of sp³-hybridized carbons (Fsp3) is 0.500. The lowest BCUT2D eigenvalue weighted by Crippen LogP contribution is -2.42. The van der Waals surface area contributed by atoms with Crippen molar-refractivity contribution < 1.29 is 28.2 Å². The number of carboxylic acids is 1. The molecule has 1 aromatic rings. The number of halogens is 2. The van der Waals surface area contributed by atoms with Crippen LogP contribution in [-0.2, 0) is 16.1 Å². The van der Waals surface area contributed by atoms with Crippen LogP contribution in [0.15, 0.2) is 24.3 Å². The number of benzene rings is 1. The summed E-state index contributed by atoms with van der Waals surface area (Å²) in [5.41, 5.74) is 0.951. The topological polar surface area (TPSA) is 59.0 Å². The van der Waals surface area contributed by atoms with Crippen LogP contribution < -0.4 is 4.74 Å². The first-order chi connectivity index (χ1) is 10.0. The van der Waals surface area contributed by atoms with E-state index in [1.807, 2.05) is 0 Å². The van der Waals surface area contributed by atoms with E-state index in [1.165, 1.54) is 12.1 Å². The average molecular weight is 301 g/mol. The molecule has 5 nitrogen and oxygen atoms in total. The number of aliphatic carboxylic acids is 1. The van der Waals surface area contributed by atoms with Gasteiger partial charge in [-0.1, -0.05) is 12.1 Å². The van der Waals surface area contributed by atoms with Gasteiger partial charge >= 0.3 is 12.6 Å². The fourth-order valence-electron chi connectivity index (χ4n) is 2.28. The molecule has 0 bridgehead atoms. The predicted molar refractivity (Wildman–Crippen MR) is 70.3 cm³/mol. The second kappa shape index (κ2) is 7.33. The van der Waals surface area contributed by atoms with Crippen LogP contribution >= 0.6 is 0 Å². The molecule has 1 N–H and O–H groups in total. The SMILES string of the molecule is O=C(O)CC1CN(Cc2ccc(OC(F)F)cc2)CCO1. The van der Waals surface area contributed by atoms with E-state index in [9.17, 15) is 13.6 Å². The van der Waals surface area contributed by atoms with Crippen LogP contribution in [0.4, 0.5) is 8.78 Å². The van der Waals surface area contributed by atoms with Gasteiger partial charge in [0.15, 0.2) is 0 Å². The van der Waals surface area contributed by atoms with Gasteiger partial charge in [-0.15, -0.1) is 0 Å². The molecule has 0 aliphatic carbocycles. The highest BCUT2D eigenvalue weighted by Crippen LogP contribution is 2.17. The monoisotopic (exact) mass is 301 g/mol. The van der Waals surface area contributed by atoms with Crippen LogP contribution in [0.5, 0.6) is 5.75 Å². The average Bonchev–Trinajstić information content (AvgIpc) is 2.40. The number of morpholine rings is 1. The molecule has 1 unspecified atom stereocenters. The van der Waals surface area contributed by atoms with Gasteiger partial charge in [-0.05, 0) is 17.7 Å². The maximum atomic E-state index is 12.0. The molecule has 1 aromatic carbocycles. The van der Waals surface area contributed by atoms with Crippen molar-refractivity contribution in [2.75, 3.05) is 19.7 Å². The summed E-state index contributed by atoms with van der Waals surface area (Å²) in [5.74, 6) is -0.755. The van der Waals surface area contributed by atoms with E-state index in [0.717, 1.165) is 5.56 Å². The summed E-state index contributed by atoms with van der Waals surface area (Å²) in [7, 11) is 0. The summed E-state index contributed by atoms with van der Waals surface area (Å²) < 4.78 is 33.8. The van der Waals surface area contributed by atoms with Crippen LogP contribution in [0, 0.1) is 0 Å². The van der Waals surface area contributed by atoms with E-state index >= 15 is 0 Å². The molecule has 1 aliphatic rings. The Hall–Kier alpha value is -1.73. The Kier molecular flexibility index (Phi) is 5.46. The quantitative estimate of drug-likeness (QED) is 0.870. The Balaban J connectivity index is 1.87. The predicted octanol–water partition coefficient (Wildman–Crippen LogP) is 1.96. The second-order valence-corrected chi connectivity index (χ2v) is 4.85. The molecule has 1 aliphatic heterocycles. The number of carboxylic acid groups (broad SMARTS) is 1. The van der Waals surface area contributed by atoms with Gasteiger partial charge in [0.05, 0.1) is 19.1 Å². The Labute approximate surface area is 121 Å². The molecule has 1 fully saturated rings. The number of ether oxygens (including phenoxy) is 2. The number of hydrogen-bond donors (Lipinski definition) is 1. The van der Waals surface area contributed by atoms with Crippen molar-refractivity contribution in [3.63, 3.8) is 0 Å². The molecule has 116 valence electrons. The van der Waals surface area contributed by atoms with Crippen LogP contribution in [0.3, 0.4) is 0 Å². The minimum absolute atomic E-state index is 0.0162. The molecule has 2 rings (SSSR count). The smallest absolute Gasteiger partial charge is 0.387 e. The summed E-state index contributed by atoms with van der Waals surface area (Å²) in [4.78, 5) is 12.8. The Bertz CT molecular complexity index is 467. The summed E-state index contributed by atoms with van der Waals surface area (Å²) >= 11 is 0. The van der Waals surface area contributed by atoms with Gasteiger partial charge in [0.2, 0.25) is 0 Å². The molecule has 0 amide bonds. The molecular formula is C14H17F2NO4. The number of nitrogens with zero attached hydrogens (tertiary/aromatic N) is 1. The van der Waals surface area contributed by atoms with Crippen molar-refractivity contribution in [2.24, 2.45) is 0 Å². The van der Waals surface area contributed by atoms with Crippen molar-refractivity contribution in [2.45, 2.75) is 25.7 Å². The Morgan fingerprint density at radius 1 is 1.43 bits per heavy atom. The zero-order chi connectivity index (χ0) is 15.2. The van der Waals surface area contributed by atoms with Crippen molar-refractivity contribution in [3.05, 3.63) is 29.8 Å². The zero-order valence-electron chi connectivity index (χ0n) is 11.4. The van der Waals surface area contributed by atoms with Crippen molar-refractivity contribution in [1.82, 2.24) is 4.90 Å². The van der Waals surface area contributed by atoms with Crippen LogP contribution in [-0.4, -0.2) is 48.4 Å². The summed E-state index contributed by atoms with van der Waals surface area (Å²) in [5, 5.41) is 8.77. The van der Waals surface area contributed by atoms with Gasteiger partial charge in [0.25, 0.3) is 0 Å². The van der Waals surface area contributed by atoms with E-state index in [2.05, 4.69) is 9.64 Å². The lowest BCUT2D eigenvalue weighted by molar-refractivity contribution is -0.142. The minimum atomic E-state index is -2.83. The molecule has 21 heavy (non-hydrogen) atoms. The molecule has 1 atom stereocenters. The molecule has 0 saturated carbocycles. The lowest BCUT2D eigenvalue weighted by atomic mass is 10.1. The summed E-state index contributed by atoms with van der Waals surface area (Å²) in [6.45, 7) is -0.460. The first-order valence-corrected chi connectivity index (χ1v) is 6.62. The number of carbonyl (C=O) groups is 1. The third kappa shape index (κ3) is 5.28. The molecule has 1 saturated heterocycles. The highest BCUT2D eigenvalue weighted by Gasteiger charge is 2.22. The third-order valence-electron chi connectivity index (χ3n) is 3.18. The third-order valence-corrected chi connectivity index (χ3v) is 3.18. The Morgan fingerprint density at radius 2 is 2.14 bits per heavy atom. The van der Waals surface area contributed by atoms with Crippen molar-refractivity contribution in [3.8, 4) is 5.75 Å². The molecule has 0 aromatic heterocycles. The molecule has 0 spiro atoms. The zero-order valence-corrected chi connectivity index (χ0v) is 11.4. The van der Waals surface area contributed by atoms with Gasteiger partial charge in [0.1, 0.15) is 5.75 Å². The highest BCUT2D eigenvalue weighted by molar-refractivity contribution is 5.67. The number of alkyl halides is 2. The Morgan fingerprint density at radius 3 is 2.76 bits per heavy atom. The van der Waals surface area contributed by atoms with E-state index in [1.54, 1.807) is 12.1 Å². The maximum Gasteiger partial charge on any atom is 0.387 e. The number of hydrogen-bond acceptors (Lipinski definition) is 4. The van der Waals surface area contributed by atoms with E-state index < -0.39 is 12.6 Å². The highest BCUT2D eigenvalue weighted by atomic mass is 19.3. The first-order valence-electron chi connectivity index (χ1n) is 6.62. The largest absolute Gasteiger partial charge is 0.481 e. The van der Waals surface area contributed by atoms with Gasteiger partial charge in [-0.3, -0.25) is 9.69 Å². The standard InChI is InChI=1S/C14H17F2NO4/c15-14(16)21-11-3-1-10(2-4-11)8-17-5-6-20-12(9-17)7-13(18)19/h1-4,12,14H,5-9H2,(H,18,19). The minimum Gasteiger partial charge on any atom is -0.481 e. The summed E-state index contributed by atoms with van der Waals surface area (Å²) in [6.07, 6.45) is -0.324. The van der Waals surface area contributed by atoms with Gasteiger partial charge in [-0.25, -0.2) is 0 Å². The van der Waals surface area contributed by atoms with Gasteiger partial charge in [-0.2, -0.15) is 8.78 Å². The van der Waals surface area contributed by atoms with Crippen LogP contribution in [0.1, 0.15) is 12.0 Å². The van der Waals surface area contributed by atoms with Crippen molar-refractivity contribution >= 4 is 5.97 Å². The van der Waals surface area contributed by atoms with E-state index in [-0.39, 0.29) is 18.3 Å². The maximum absolute atomic E-state index is 12.0.